The van der Waals surface area contributed by atoms with Crippen LogP contribution in [0.15, 0.2) is 53.4 Å². The summed E-state index contributed by atoms with van der Waals surface area (Å²) in [4.78, 5) is 25.5. The predicted molar refractivity (Wildman–Crippen MR) is 109 cm³/mol. The van der Waals surface area contributed by atoms with Crippen LogP contribution in [0.1, 0.15) is 12.0 Å². The Labute approximate surface area is 169 Å². The number of ether oxygens (including phenoxy) is 1. The van der Waals surface area contributed by atoms with Crippen molar-refractivity contribution >= 4 is 27.6 Å². The fourth-order valence-electron chi connectivity index (χ4n) is 2.55. The van der Waals surface area contributed by atoms with Crippen LogP contribution >= 0.6 is 0 Å². The first-order valence-electron chi connectivity index (χ1n) is 8.74. The van der Waals surface area contributed by atoms with Crippen LogP contribution in [0.5, 0.6) is 5.75 Å². The van der Waals surface area contributed by atoms with Crippen molar-refractivity contribution in [3.05, 3.63) is 54.1 Å². The number of hydrogen-bond donors (Lipinski definition) is 3. The van der Waals surface area contributed by atoms with Gasteiger partial charge >= 0.3 is 6.03 Å². The maximum absolute atomic E-state index is 12.1. The van der Waals surface area contributed by atoms with E-state index in [9.17, 15) is 18.0 Å². The number of rotatable bonds is 8. The summed E-state index contributed by atoms with van der Waals surface area (Å²) in [6.45, 7) is 0.572. The van der Waals surface area contributed by atoms with Crippen molar-refractivity contribution < 1.29 is 22.7 Å². The Bertz CT molecular complexity index is 964. The van der Waals surface area contributed by atoms with Crippen LogP contribution in [0, 0.1) is 0 Å². The Morgan fingerprint density at radius 1 is 1.14 bits per heavy atom. The number of anilines is 1. The van der Waals surface area contributed by atoms with Crippen LogP contribution in [0.3, 0.4) is 0 Å². The molecule has 0 atom stereocenters. The highest BCUT2D eigenvalue weighted by molar-refractivity contribution is 7.89. The molecule has 0 aliphatic heterocycles. The van der Waals surface area contributed by atoms with Crippen LogP contribution in [0.25, 0.3) is 0 Å². The second-order valence-corrected chi connectivity index (χ2v) is 7.81. The lowest BCUT2D eigenvalue weighted by atomic mass is 10.2. The fourth-order valence-corrected chi connectivity index (χ4v) is 3.27. The Morgan fingerprint density at radius 3 is 2.45 bits per heavy atom. The van der Waals surface area contributed by atoms with E-state index in [1.165, 1.54) is 30.2 Å². The van der Waals surface area contributed by atoms with E-state index in [1.54, 1.807) is 7.05 Å². The van der Waals surface area contributed by atoms with Gasteiger partial charge < -0.3 is 20.3 Å². The molecule has 0 saturated carbocycles. The van der Waals surface area contributed by atoms with Gasteiger partial charge in [0, 0.05) is 32.2 Å². The summed E-state index contributed by atoms with van der Waals surface area (Å²) in [6.07, 6.45) is 0.0155. The number of carbonyl (C=O) groups is 2. The lowest BCUT2D eigenvalue weighted by molar-refractivity contribution is -0.116. The smallest absolute Gasteiger partial charge is 0.317 e. The first-order valence-corrected chi connectivity index (χ1v) is 10.3. The van der Waals surface area contributed by atoms with Gasteiger partial charge in [-0.05, 0) is 23.8 Å². The predicted octanol–water partition coefficient (Wildman–Crippen LogP) is 1.51. The summed E-state index contributed by atoms with van der Waals surface area (Å²) in [6, 6.07) is 13.3. The van der Waals surface area contributed by atoms with Gasteiger partial charge in [-0.1, -0.05) is 30.3 Å². The minimum atomic E-state index is -4.01. The van der Waals surface area contributed by atoms with E-state index in [0.29, 0.717) is 6.54 Å². The molecule has 4 N–H and O–H groups in total. The normalized spacial score (nSPS) is 10.9. The molecular weight excluding hydrogens is 396 g/mol. The van der Waals surface area contributed by atoms with Crippen LogP contribution in [-0.4, -0.2) is 46.0 Å². The zero-order chi connectivity index (χ0) is 21.4. The van der Waals surface area contributed by atoms with Gasteiger partial charge in [-0.15, -0.1) is 0 Å². The van der Waals surface area contributed by atoms with Crippen LogP contribution in [0.4, 0.5) is 10.5 Å². The molecule has 0 spiro atoms. The highest BCUT2D eigenvalue weighted by Crippen LogP contribution is 2.26. The molecule has 0 aliphatic carbocycles. The van der Waals surface area contributed by atoms with Crippen molar-refractivity contribution in [2.45, 2.75) is 17.9 Å². The molecule has 0 fully saturated rings. The molecule has 0 heterocycles. The number of methoxy groups -OCH3 is 1. The topological polar surface area (TPSA) is 131 Å². The Hall–Kier alpha value is -3.11. The molecule has 0 unspecified atom stereocenters. The third-order valence-electron chi connectivity index (χ3n) is 3.99. The Balaban J connectivity index is 1.85. The van der Waals surface area contributed by atoms with Gasteiger partial charge in [-0.3, -0.25) is 4.79 Å². The Morgan fingerprint density at radius 2 is 1.83 bits per heavy atom. The van der Waals surface area contributed by atoms with Crippen molar-refractivity contribution in [1.82, 2.24) is 10.2 Å². The van der Waals surface area contributed by atoms with E-state index in [1.807, 2.05) is 30.3 Å². The second kappa shape index (κ2) is 9.89. The highest BCUT2D eigenvalue weighted by atomic mass is 32.2. The number of urea groups is 1. The minimum absolute atomic E-state index is 0.0155. The number of nitrogens with zero attached hydrogens (tertiary/aromatic N) is 1. The highest BCUT2D eigenvalue weighted by Gasteiger charge is 2.16. The van der Waals surface area contributed by atoms with Crippen LogP contribution < -0.4 is 20.5 Å². The van der Waals surface area contributed by atoms with E-state index in [2.05, 4.69) is 10.6 Å². The summed E-state index contributed by atoms with van der Waals surface area (Å²) in [5.41, 5.74) is 1.25. The van der Waals surface area contributed by atoms with E-state index < -0.39 is 10.0 Å². The first-order chi connectivity index (χ1) is 13.7. The van der Waals surface area contributed by atoms with E-state index in [4.69, 9.17) is 9.88 Å². The Kier molecular flexibility index (Phi) is 7.57. The lowest BCUT2D eigenvalue weighted by Crippen LogP contribution is -2.38. The second-order valence-electron chi connectivity index (χ2n) is 6.28. The average molecular weight is 420 g/mol. The van der Waals surface area contributed by atoms with Gasteiger partial charge in [-0.25, -0.2) is 18.4 Å². The number of carbonyl (C=O) groups excluding carboxylic acids is 2. The summed E-state index contributed by atoms with van der Waals surface area (Å²) in [5, 5.41) is 10.4. The number of hydrogen-bond acceptors (Lipinski definition) is 5. The number of primary sulfonamides is 1. The van der Waals surface area contributed by atoms with Crippen molar-refractivity contribution in [2.24, 2.45) is 5.14 Å². The number of benzene rings is 2. The summed E-state index contributed by atoms with van der Waals surface area (Å²) >= 11 is 0. The SMILES string of the molecule is COc1ccc(NC(=O)CCNC(=O)N(C)Cc2ccccc2)cc1S(N)(=O)=O. The first kappa shape index (κ1) is 22.2. The van der Waals surface area contributed by atoms with Gasteiger partial charge in [0.1, 0.15) is 10.6 Å². The van der Waals surface area contributed by atoms with Crippen molar-refractivity contribution in [2.75, 3.05) is 26.0 Å². The average Bonchev–Trinajstić information content (AvgIpc) is 2.68. The zero-order valence-electron chi connectivity index (χ0n) is 16.2. The number of sulfonamides is 1. The molecule has 10 heteroatoms. The maximum atomic E-state index is 12.1. The van der Waals surface area contributed by atoms with Crippen molar-refractivity contribution in [1.29, 1.82) is 0 Å². The molecule has 2 aromatic carbocycles. The molecule has 0 aromatic heterocycles. The third-order valence-corrected chi connectivity index (χ3v) is 4.92. The summed E-state index contributed by atoms with van der Waals surface area (Å²) in [5.74, 6) is -0.305. The van der Waals surface area contributed by atoms with E-state index in [0.717, 1.165) is 5.56 Å². The van der Waals surface area contributed by atoms with Crippen LogP contribution in [-0.2, 0) is 21.4 Å². The lowest BCUT2D eigenvalue weighted by Gasteiger charge is -2.18. The molecule has 29 heavy (non-hydrogen) atoms. The quantitative estimate of drug-likeness (QED) is 0.596. The molecule has 3 amide bonds. The zero-order valence-corrected chi connectivity index (χ0v) is 17.0. The molecular formula is C19H24N4O5S. The molecule has 0 aliphatic rings. The maximum Gasteiger partial charge on any atom is 0.317 e. The molecule has 2 aromatic rings. The molecule has 156 valence electrons. The van der Waals surface area contributed by atoms with E-state index >= 15 is 0 Å². The number of amides is 3. The number of nitrogens with two attached hydrogens (primary N) is 1. The largest absolute Gasteiger partial charge is 0.495 e. The van der Waals surface area contributed by atoms with Gasteiger partial charge in [0.2, 0.25) is 15.9 Å². The standard InChI is InChI=1S/C19H24N4O5S/c1-23(13-14-6-4-3-5-7-14)19(25)21-11-10-18(24)22-15-8-9-16(28-2)17(12-15)29(20,26)27/h3-9,12H,10-11,13H2,1-2H3,(H,21,25)(H,22,24)(H2,20,26,27). The van der Waals surface area contributed by atoms with Gasteiger partial charge in [-0.2, -0.15) is 0 Å². The summed E-state index contributed by atoms with van der Waals surface area (Å²) in [7, 11) is -1.03. The van der Waals surface area contributed by atoms with Crippen LogP contribution in [0.2, 0.25) is 0 Å². The van der Waals surface area contributed by atoms with Gasteiger partial charge in [0.05, 0.1) is 7.11 Å². The molecule has 0 saturated heterocycles. The van der Waals surface area contributed by atoms with Gasteiger partial charge in [0.15, 0.2) is 0 Å². The molecule has 0 radical (unpaired) electrons. The third kappa shape index (κ3) is 6.77. The fraction of sp³-hybridized carbons (Fsp3) is 0.263. The molecule has 0 bridgehead atoms. The summed E-state index contributed by atoms with van der Waals surface area (Å²) < 4.78 is 28.2. The van der Waals surface area contributed by atoms with Gasteiger partial charge in [0.25, 0.3) is 0 Å². The van der Waals surface area contributed by atoms with Crippen molar-refractivity contribution in [3.63, 3.8) is 0 Å². The van der Waals surface area contributed by atoms with Crippen molar-refractivity contribution in [3.8, 4) is 5.75 Å². The molecule has 2 rings (SSSR count). The number of nitrogens with one attached hydrogen (secondary N) is 2. The van der Waals surface area contributed by atoms with E-state index in [-0.39, 0.29) is 41.2 Å². The minimum Gasteiger partial charge on any atom is -0.495 e. The molecule has 9 nitrogen and oxygen atoms in total. The monoisotopic (exact) mass is 420 g/mol.